The number of rotatable bonds is 2. The fourth-order valence-electron chi connectivity index (χ4n) is 2.32. The van der Waals surface area contributed by atoms with Gasteiger partial charge in [0.1, 0.15) is 5.82 Å². The van der Waals surface area contributed by atoms with Gasteiger partial charge in [0.05, 0.1) is 0 Å². The molecule has 1 aromatic carbocycles. The zero-order chi connectivity index (χ0) is 12.3. The third kappa shape index (κ3) is 2.84. The maximum atomic E-state index is 12.8. The van der Waals surface area contributed by atoms with Crippen LogP contribution < -0.4 is 0 Å². The van der Waals surface area contributed by atoms with Gasteiger partial charge in [-0.05, 0) is 43.0 Å². The Kier molecular flexibility index (Phi) is 3.77. The van der Waals surface area contributed by atoms with E-state index in [1.54, 1.807) is 12.1 Å². The second kappa shape index (κ2) is 5.30. The van der Waals surface area contributed by atoms with Crippen LogP contribution in [0.2, 0.25) is 0 Å². The van der Waals surface area contributed by atoms with E-state index in [2.05, 4.69) is 6.92 Å². The Morgan fingerprint density at radius 1 is 1.29 bits per heavy atom. The van der Waals surface area contributed by atoms with Crippen molar-refractivity contribution in [1.82, 2.24) is 4.90 Å². The molecule has 1 saturated heterocycles. The number of amides is 1. The van der Waals surface area contributed by atoms with Crippen LogP contribution in [0.15, 0.2) is 24.3 Å². The smallest absolute Gasteiger partial charge is 0.253 e. The minimum Gasteiger partial charge on any atom is -0.339 e. The van der Waals surface area contributed by atoms with Crippen molar-refractivity contribution in [3.8, 4) is 0 Å². The molecule has 3 heteroatoms. The highest BCUT2D eigenvalue weighted by atomic mass is 19.1. The van der Waals surface area contributed by atoms with E-state index >= 15 is 0 Å². The Balaban J connectivity index is 1.99. The SMILES string of the molecule is CCC1CCN(C(=O)c2ccc(F)cc2)CC1. The predicted molar refractivity (Wildman–Crippen MR) is 65.3 cm³/mol. The van der Waals surface area contributed by atoms with Crippen molar-refractivity contribution in [3.05, 3.63) is 35.6 Å². The van der Waals surface area contributed by atoms with Gasteiger partial charge in [0, 0.05) is 18.7 Å². The zero-order valence-corrected chi connectivity index (χ0v) is 10.2. The summed E-state index contributed by atoms with van der Waals surface area (Å²) in [5.74, 6) is 0.484. The summed E-state index contributed by atoms with van der Waals surface area (Å²) in [5, 5.41) is 0. The molecule has 0 aromatic heterocycles. The quantitative estimate of drug-likeness (QED) is 0.771. The van der Waals surface area contributed by atoms with Crippen LogP contribution in [0.1, 0.15) is 36.5 Å². The number of hydrogen-bond donors (Lipinski definition) is 0. The van der Waals surface area contributed by atoms with E-state index in [9.17, 15) is 9.18 Å². The van der Waals surface area contributed by atoms with Crippen LogP contribution in [0, 0.1) is 11.7 Å². The molecule has 1 aromatic rings. The summed E-state index contributed by atoms with van der Waals surface area (Å²) in [7, 11) is 0. The normalized spacial score (nSPS) is 17.2. The lowest BCUT2D eigenvalue weighted by Crippen LogP contribution is -2.38. The summed E-state index contributed by atoms with van der Waals surface area (Å²) in [6, 6.07) is 5.80. The molecule has 2 rings (SSSR count). The molecule has 0 spiro atoms. The molecule has 92 valence electrons. The van der Waals surface area contributed by atoms with Gasteiger partial charge in [0.25, 0.3) is 5.91 Å². The van der Waals surface area contributed by atoms with Crippen LogP contribution in [0.5, 0.6) is 0 Å². The first-order chi connectivity index (χ1) is 8.20. The minimum atomic E-state index is -0.300. The maximum absolute atomic E-state index is 12.8. The van der Waals surface area contributed by atoms with Gasteiger partial charge in [0.2, 0.25) is 0 Å². The summed E-state index contributed by atoms with van der Waals surface area (Å²) in [5.41, 5.74) is 0.585. The number of benzene rings is 1. The molecule has 0 N–H and O–H groups in total. The van der Waals surface area contributed by atoms with Crippen LogP contribution in [-0.4, -0.2) is 23.9 Å². The number of likely N-dealkylation sites (tertiary alicyclic amines) is 1. The molecule has 1 amide bonds. The number of halogens is 1. The van der Waals surface area contributed by atoms with Crippen molar-refractivity contribution in [3.63, 3.8) is 0 Å². The first-order valence-corrected chi connectivity index (χ1v) is 6.25. The highest BCUT2D eigenvalue weighted by molar-refractivity contribution is 5.94. The maximum Gasteiger partial charge on any atom is 0.253 e. The lowest BCUT2D eigenvalue weighted by atomic mass is 9.94. The van der Waals surface area contributed by atoms with Gasteiger partial charge in [-0.15, -0.1) is 0 Å². The standard InChI is InChI=1S/C14H18FNO/c1-2-11-7-9-16(10-8-11)14(17)12-3-5-13(15)6-4-12/h3-6,11H,2,7-10H2,1H3. The summed E-state index contributed by atoms with van der Waals surface area (Å²) < 4.78 is 12.8. The second-order valence-corrected chi connectivity index (χ2v) is 4.65. The Morgan fingerprint density at radius 2 is 1.88 bits per heavy atom. The molecular formula is C14H18FNO. The number of piperidine rings is 1. The topological polar surface area (TPSA) is 20.3 Å². The van der Waals surface area contributed by atoms with Crippen molar-refractivity contribution in [2.45, 2.75) is 26.2 Å². The van der Waals surface area contributed by atoms with Gasteiger partial charge in [-0.3, -0.25) is 4.79 Å². The Bertz CT molecular complexity index is 380. The highest BCUT2D eigenvalue weighted by Gasteiger charge is 2.22. The summed E-state index contributed by atoms with van der Waals surface area (Å²) >= 11 is 0. The van der Waals surface area contributed by atoms with Crippen LogP contribution in [0.4, 0.5) is 4.39 Å². The molecular weight excluding hydrogens is 217 g/mol. The van der Waals surface area contributed by atoms with E-state index in [1.165, 1.54) is 18.6 Å². The van der Waals surface area contributed by atoms with E-state index in [0.29, 0.717) is 5.56 Å². The molecule has 0 aliphatic carbocycles. The van der Waals surface area contributed by atoms with Crippen molar-refractivity contribution in [2.75, 3.05) is 13.1 Å². The number of carbonyl (C=O) groups excluding carboxylic acids is 1. The highest BCUT2D eigenvalue weighted by Crippen LogP contribution is 2.21. The van der Waals surface area contributed by atoms with E-state index in [4.69, 9.17) is 0 Å². The third-order valence-corrected chi connectivity index (χ3v) is 3.57. The number of hydrogen-bond acceptors (Lipinski definition) is 1. The second-order valence-electron chi connectivity index (χ2n) is 4.65. The van der Waals surface area contributed by atoms with Gasteiger partial charge in [-0.2, -0.15) is 0 Å². The largest absolute Gasteiger partial charge is 0.339 e. The Hall–Kier alpha value is -1.38. The first kappa shape index (κ1) is 12.1. The third-order valence-electron chi connectivity index (χ3n) is 3.57. The molecule has 0 radical (unpaired) electrons. The monoisotopic (exact) mass is 235 g/mol. The Morgan fingerprint density at radius 3 is 2.41 bits per heavy atom. The summed E-state index contributed by atoms with van der Waals surface area (Å²) in [6.07, 6.45) is 3.37. The minimum absolute atomic E-state index is 0.0274. The van der Waals surface area contributed by atoms with Crippen molar-refractivity contribution < 1.29 is 9.18 Å². The Labute approximate surface area is 101 Å². The summed E-state index contributed by atoms with van der Waals surface area (Å²) in [4.78, 5) is 14.0. The summed E-state index contributed by atoms with van der Waals surface area (Å²) in [6.45, 7) is 3.85. The number of nitrogens with zero attached hydrogens (tertiary/aromatic N) is 1. The van der Waals surface area contributed by atoms with Crippen molar-refractivity contribution in [1.29, 1.82) is 0 Å². The lowest BCUT2D eigenvalue weighted by Gasteiger charge is -2.31. The van der Waals surface area contributed by atoms with Gasteiger partial charge < -0.3 is 4.90 Å². The predicted octanol–water partition coefficient (Wildman–Crippen LogP) is 3.09. The molecule has 0 atom stereocenters. The van der Waals surface area contributed by atoms with Gasteiger partial charge >= 0.3 is 0 Å². The van der Waals surface area contributed by atoms with Gasteiger partial charge in [-0.1, -0.05) is 13.3 Å². The van der Waals surface area contributed by atoms with E-state index in [0.717, 1.165) is 31.8 Å². The van der Waals surface area contributed by atoms with Gasteiger partial charge in [0.15, 0.2) is 0 Å². The fraction of sp³-hybridized carbons (Fsp3) is 0.500. The lowest BCUT2D eigenvalue weighted by molar-refractivity contribution is 0.0689. The molecule has 0 unspecified atom stereocenters. The molecule has 1 aliphatic heterocycles. The zero-order valence-electron chi connectivity index (χ0n) is 10.2. The molecule has 17 heavy (non-hydrogen) atoms. The van der Waals surface area contributed by atoms with Crippen LogP contribution in [-0.2, 0) is 0 Å². The van der Waals surface area contributed by atoms with E-state index in [1.807, 2.05) is 4.90 Å². The van der Waals surface area contributed by atoms with Gasteiger partial charge in [-0.25, -0.2) is 4.39 Å². The molecule has 0 saturated carbocycles. The molecule has 0 bridgehead atoms. The van der Waals surface area contributed by atoms with Crippen LogP contribution in [0.25, 0.3) is 0 Å². The average molecular weight is 235 g/mol. The first-order valence-electron chi connectivity index (χ1n) is 6.25. The van der Waals surface area contributed by atoms with Crippen LogP contribution >= 0.6 is 0 Å². The number of carbonyl (C=O) groups is 1. The van der Waals surface area contributed by atoms with E-state index in [-0.39, 0.29) is 11.7 Å². The average Bonchev–Trinajstić information content (AvgIpc) is 2.39. The molecule has 2 nitrogen and oxygen atoms in total. The van der Waals surface area contributed by atoms with Crippen molar-refractivity contribution in [2.24, 2.45) is 5.92 Å². The van der Waals surface area contributed by atoms with Crippen molar-refractivity contribution >= 4 is 5.91 Å². The fourth-order valence-corrected chi connectivity index (χ4v) is 2.32. The molecule has 1 heterocycles. The molecule has 1 aliphatic rings. The van der Waals surface area contributed by atoms with E-state index < -0.39 is 0 Å². The van der Waals surface area contributed by atoms with Crippen LogP contribution in [0.3, 0.4) is 0 Å². The molecule has 1 fully saturated rings.